The van der Waals surface area contributed by atoms with E-state index < -0.39 is 0 Å². The number of unbranched alkanes of at least 4 members (excludes halogenated alkanes) is 4. The number of hydrogen-bond acceptors (Lipinski definition) is 1. The highest BCUT2D eigenvalue weighted by molar-refractivity contribution is 5.52. The zero-order valence-electron chi connectivity index (χ0n) is 9.35. The highest BCUT2D eigenvalue weighted by Crippen LogP contribution is 2.13. The van der Waals surface area contributed by atoms with Crippen molar-refractivity contribution in [3.63, 3.8) is 0 Å². The highest BCUT2D eigenvalue weighted by Gasteiger charge is 1.98. The van der Waals surface area contributed by atoms with E-state index in [1.165, 1.54) is 12.8 Å². The van der Waals surface area contributed by atoms with E-state index in [2.05, 4.69) is 19.4 Å². The molecule has 80 valence electrons. The Morgan fingerprint density at radius 1 is 1.21 bits per heavy atom. The molecule has 0 aromatic rings. The molecule has 0 radical (unpaired) electrons. The summed E-state index contributed by atoms with van der Waals surface area (Å²) in [6, 6.07) is 0. The van der Waals surface area contributed by atoms with Crippen molar-refractivity contribution in [1.82, 2.24) is 0 Å². The quantitative estimate of drug-likeness (QED) is 0.307. The van der Waals surface area contributed by atoms with Gasteiger partial charge in [-0.3, -0.25) is 0 Å². The van der Waals surface area contributed by atoms with Crippen LogP contribution in [-0.2, 0) is 4.79 Å². The standard InChI is InChI=1S/C13H22O/c1-3-5-7-9-11-13(12-14)10-8-6-4-2/h3H,1,4-11H2,2H3. The third-order valence-electron chi connectivity index (χ3n) is 2.36. The van der Waals surface area contributed by atoms with Crippen LogP contribution in [0.2, 0.25) is 0 Å². The largest absolute Gasteiger partial charge is 0.234 e. The molecule has 0 fully saturated rings. The topological polar surface area (TPSA) is 17.1 Å². The molecule has 0 aromatic heterocycles. The average Bonchev–Trinajstić information content (AvgIpc) is 2.22. The molecule has 0 bridgehead atoms. The lowest BCUT2D eigenvalue weighted by Gasteiger charge is -2.01. The Hall–Kier alpha value is -0.810. The molecule has 1 heteroatoms. The first-order valence-corrected chi connectivity index (χ1v) is 5.68. The van der Waals surface area contributed by atoms with E-state index in [0.717, 1.165) is 44.1 Å². The second kappa shape index (κ2) is 10.3. The van der Waals surface area contributed by atoms with Crippen molar-refractivity contribution >= 4 is 5.94 Å². The highest BCUT2D eigenvalue weighted by atomic mass is 16.1. The van der Waals surface area contributed by atoms with Crippen LogP contribution in [0.4, 0.5) is 0 Å². The number of allylic oxidation sites excluding steroid dienone is 2. The first-order chi connectivity index (χ1) is 6.85. The monoisotopic (exact) mass is 194 g/mol. The molecule has 0 saturated carbocycles. The molecule has 0 aliphatic heterocycles. The van der Waals surface area contributed by atoms with Crippen LogP contribution in [0, 0.1) is 0 Å². The molecule has 0 N–H and O–H groups in total. The van der Waals surface area contributed by atoms with E-state index in [1.807, 2.05) is 6.08 Å². The van der Waals surface area contributed by atoms with Gasteiger partial charge in [0.25, 0.3) is 0 Å². The van der Waals surface area contributed by atoms with Gasteiger partial charge in [-0.25, -0.2) is 4.79 Å². The molecular weight excluding hydrogens is 172 g/mol. The first kappa shape index (κ1) is 13.2. The Morgan fingerprint density at radius 2 is 1.86 bits per heavy atom. The third-order valence-corrected chi connectivity index (χ3v) is 2.36. The molecule has 0 atom stereocenters. The molecule has 0 rings (SSSR count). The number of hydrogen-bond donors (Lipinski definition) is 0. The Labute approximate surface area is 87.9 Å². The van der Waals surface area contributed by atoms with Crippen LogP contribution in [0.25, 0.3) is 0 Å². The molecule has 1 nitrogen and oxygen atoms in total. The van der Waals surface area contributed by atoms with Crippen LogP contribution in [-0.4, -0.2) is 5.94 Å². The summed E-state index contributed by atoms with van der Waals surface area (Å²) in [5, 5.41) is 0. The van der Waals surface area contributed by atoms with Crippen molar-refractivity contribution in [3.8, 4) is 0 Å². The van der Waals surface area contributed by atoms with Gasteiger partial charge in [-0.2, -0.15) is 0 Å². The van der Waals surface area contributed by atoms with Crippen LogP contribution in [0.3, 0.4) is 0 Å². The summed E-state index contributed by atoms with van der Waals surface area (Å²) in [7, 11) is 0. The normalized spacial score (nSPS) is 9.50. The summed E-state index contributed by atoms with van der Waals surface area (Å²) in [5.74, 6) is 2.08. The molecule has 0 spiro atoms. The van der Waals surface area contributed by atoms with E-state index >= 15 is 0 Å². The van der Waals surface area contributed by atoms with Crippen molar-refractivity contribution in [2.24, 2.45) is 0 Å². The molecule has 0 heterocycles. The van der Waals surface area contributed by atoms with Crippen LogP contribution >= 0.6 is 0 Å². The molecule has 0 unspecified atom stereocenters. The first-order valence-electron chi connectivity index (χ1n) is 5.68. The molecular formula is C13H22O. The predicted molar refractivity (Wildman–Crippen MR) is 62.0 cm³/mol. The predicted octanol–water partition coefficient (Wildman–Crippen LogP) is 4.07. The lowest BCUT2D eigenvalue weighted by Crippen LogP contribution is -1.87. The minimum Gasteiger partial charge on any atom is -0.234 e. The van der Waals surface area contributed by atoms with Crippen LogP contribution in [0.5, 0.6) is 0 Å². The fourth-order valence-corrected chi connectivity index (χ4v) is 1.44. The Balaban J connectivity index is 3.49. The molecule has 0 aliphatic carbocycles. The van der Waals surface area contributed by atoms with Crippen molar-refractivity contribution in [1.29, 1.82) is 0 Å². The van der Waals surface area contributed by atoms with Gasteiger partial charge in [0.05, 0.1) is 0 Å². The minimum absolute atomic E-state index is 0.932. The van der Waals surface area contributed by atoms with Crippen molar-refractivity contribution in [2.45, 2.75) is 58.3 Å². The second-order valence-corrected chi connectivity index (χ2v) is 3.70. The smallest absolute Gasteiger partial charge is 0.123 e. The van der Waals surface area contributed by atoms with E-state index in [-0.39, 0.29) is 0 Å². The SMILES string of the molecule is C=CCCCCC(=C=O)CCCCC. The van der Waals surface area contributed by atoms with E-state index in [4.69, 9.17) is 0 Å². The van der Waals surface area contributed by atoms with Gasteiger partial charge < -0.3 is 0 Å². The van der Waals surface area contributed by atoms with Gasteiger partial charge in [0.1, 0.15) is 5.94 Å². The zero-order chi connectivity index (χ0) is 10.6. The van der Waals surface area contributed by atoms with Crippen molar-refractivity contribution in [3.05, 3.63) is 18.2 Å². The van der Waals surface area contributed by atoms with Gasteiger partial charge in [-0.1, -0.05) is 25.8 Å². The minimum atomic E-state index is 0.932. The molecule has 0 aliphatic rings. The molecule has 0 aromatic carbocycles. The van der Waals surface area contributed by atoms with E-state index in [9.17, 15) is 4.79 Å². The molecule has 14 heavy (non-hydrogen) atoms. The summed E-state index contributed by atoms with van der Waals surface area (Å²) in [4.78, 5) is 10.6. The Kier molecular flexibility index (Phi) is 9.68. The van der Waals surface area contributed by atoms with Crippen molar-refractivity contribution < 1.29 is 4.79 Å². The van der Waals surface area contributed by atoms with Gasteiger partial charge in [-0.15, -0.1) is 6.58 Å². The molecule has 0 saturated heterocycles. The van der Waals surface area contributed by atoms with Crippen LogP contribution < -0.4 is 0 Å². The summed E-state index contributed by atoms with van der Waals surface area (Å²) in [6.07, 6.45) is 10.7. The average molecular weight is 194 g/mol. The van der Waals surface area contributed by atoms with Gasteiger partial charge >= 0.3 is 0 Å². The Morgan fingerprint density at radius 3 is 2.36 bits per heavy atom. The zero-order valence-corrected chi connectivity index (χ0v) is 9.35. The van der Waals surface area contributed by atoms with Gasteiger partial charge in [0.2, 0.25) is 0 Å². The summed E-state index contributed by atoms with van der Waals surface area (Å²) in [5.41, 5.74) is 0.975. The number of carbonyl (C=O) groups excluding carboxylic acids is 1. The van der Waals surface area contributed by atoms with Crippen LogP contribution in [0.15, 0.2) is 18.2 Å². The fraction of sp³-hybridized carbons (Fsp3) is 0.692. The van der Waals surface area contributed by atoms with Gasteiger partial charge in [0, 0.05) is 5.57 Å². The lowest BCUT2D eigenvalue weighted by atomic mass is 10.0. The maximum Gasteiger partial charge on any atom is 0.123 e. The summed E-state index contributed by atoms with van der Waals surface area (Å²) in [6.45, 7) is 5.85. The fourth-order valence-electron chi connectivity index (χ4n) is 1.44. The van der Waals surface area contributed by atoms with E-state index in [0.29, 0.717) is 0 Å². The van der Waals surface area contributed by atoms with E-state index in [1.54, 1.807) is 0 Å². The summed E-state index contributed by atoms with van der Waals surface area (Å²) >= 11 is 0. The second-order valence-electron chi connectivity index (χ2n) is 3.70. The molecule has 0 amide bonds. The lowest BCUT2D eigenvalue weighted by molar-refractivity contribution is 0.561. The van der Waals surface area contributed by atoms with Crippen molar-refractivity contribution in [2.75, 3.05) is 0 Å². The maximum atomic E-state index is 10.6. The third kappa shape index (κ3) is 7.82. The number of rotatable bonds is 9. The maximum absolute atomic E-state index is 10.6. The summed E-state index contributed by atoms with van der Waals surface area (Å²) < 4.78 is 0. The van der Waals surface area contributed by atoms with Gasteiger partial charge in [0.15, 0.2) is 0 Å². The Bertz CT molecular complexity index is 187. The van der Waals surface area contributed by atoms with Crippen LogP contribution in [0.1, 0.15) is 58.3 Å². The van der Waals surface area contributed by atoms with Gasteiger partial charge in [-0.05, 0) is 38.5 Å².